The lowest BCUT2D eigenvalue weighted by molar-refractivity contribution is 0.112. The summed E-state index contributed by atoms with van der Waals surface area (Å²) in [6.45, 7) is 0. The van der Waals surface area contributed by atoms with Crippen molar-refractivity contribution in [1.29, 1.82) is 5.26 Å². The first-order valence-corrected chi connectivity index (χ1v) is 10.5. The van der Waals surface area contributed by atoms with Gasteiger partial charge in [-0.2, -0.15) is 5.26 Å². The molecule has 0 saturated carbocycles. The number of thiophene rings is 1. The van der Waals surface area contributed by atoms with Gasteiger partial charge in [0.25, 0.3) is 0 Å². The number of benzene rings is 2. The average molecular weight is 420 g/mol. The van der Waals surface area contributed by atoms with Crippen LogP contribution in [0.5, 0.6) is 0 Å². The zero-order chi connectivity index (χ0) is 21.2. The number of nitriles is 1. The number of carbonyl (C=O) groups is 1. The fourth-order valence-corrected chi connectivity index (χ4v) is 4.46. The predicted octanol–water partition coefficient (Wildman–Crippen LogP) is 6.39. The number of pyridine rings is 1. The zero-order valence-corrected chi connectivity index (χ0v) is 17.1. The van der Waals surface area contributed by atoms with Crippen molar-refractivity contribution in [2.45, 2.75) is 0 Å². The van der Waals surface area contributed by atoms with Crippen LogP contribution in [0.1, 0.15) is 15.2 Å². The molecule has 0 atom stereocenters. The lowest BCUT2D eigenvalue weighted by Crippen LogP contribution is -1.98. The van der Waals surface area contributed by atoms with Crippen molar-refractivity contribution >= 4 is 39.9 Å². The Bertz CT molecular complexity index is 1460. The minimum absolute atomic E-state index is 0.467. The Morgan fingerprint density at radius 3 is 2.74 bits per heavy atom. The van der Waals surface area contributed by atoms with Crippen molar-refractivity contribution in [1.82, 2.24) is 9.97 Å². The molecule has 0 fully saturated rings. The summed E-state index contributed by atoms with van der Waals surface area (Å²) in [7, 11) is 0. The van der Waals surface area contributed by atoms with Crippen LogP contribution in [-0.4, -0.2) is 16.3 Å². The molecule has 0 unspecified atom stereocenters. The number of H-pyrrole nitrogens is 1. The molecule has 3 aromatic heterocycles. The molecule has 0 amide bonds. The monoisotopic (exact) mass is 420 g/mol. The van der Waals surface area contributed by atoms with E-state index in [9.17, 15) is 10.1 Å². The van der Waals surface area contributed by atoms with E-state index in [1.165, 1.54) is 11.3 Å². The molecule has 2 aromatic carbocycles. The molecule has 3 heterocycles. The van der Waals surface area contributed by atoms with Crippen LogP contribution < -0.4 is 5.32 Å². The molecule has 6 heteroatoms. The molecular formula is C25H16N4OS. The number of rotatable bonds is 5. The van der Waals surface area contributed by atoms with Gasteiger partial charge in [0.1, 0.15) is 6.07 Å². The first-order valence-electron chi connectivity index (χ1n) is 9.64. The second-order valence-electron chi connectivity index (χ2n) is 6.99. The summed E-state index contributed by atoms with van der Waals surface area (Å²) in [5, 5.41) is 14.2. The van der Waals surface area contributed by atoms with Crippen molar-refractivity contribution in [2.24, 2.45) is 0 Å². The molecule has 31 heavy (non-hydrogen) atoms. The van der Waals surface area contributed by atoms with E-state index in [1.807, 2.05) is 60.8 Å². The highest BCUT2D eigenvalue weighted by molar-refractivity contribution is 7.17. The van der Waals surface area contributed by atoms with Gasteiger partial charge in [0, 0.05) is 45.6 Å². The van der Waals surface area contributed by atoms with E-state index in [4.69, 9.17) is 0 Å². The van der Waals surface area contributed by atoms with Crippen LogP contribution in [0.2, 0.25) is 0 Å². The van der Waals surface area contributed by atoms with E-state index < -0.39 is 0 Å². The molecule has 148 valence electrons. The highest BCUT2D eigenvalue weighted by atomic mass is 32.1. The van der Waals surface area contributed by atoms with Gasteiger partial charge in [-0.1, -0.05) is 24.3 Å². The molecule has 0 spiro atoms. The lowest BCUT2D eigenvalue weighted by Gasteiger charge is -2.15. The van der Waals surface area contributed by atoms with Crippen molar-refractivity contribution in [3.63, 3.8) is 0 Å². The third kappa shape index (κ3) is 3.48. The number of nitrogens with one attached hydrogen (secondary N) is 2. The standard InChI is InChI=1S/C25H16N4OS/c26-12-18-13-27-14-21(25(18)29-23-6-2-5-22-20(23)9-10-28-22)16-3-1-4-17(11-16)24-8-7-19(15-30)31-24/h1-11,13-15,28H,(H,27,29). The molecule has 0 aliphatic heterocycles. The number of hydrogen-bond donors (Lipinski definition) is 2. The summed E-state index contributed by atoms with van der Waals surface area (Å²) in [4.78, 5) is 20.3. The molecule has 5 rings (SSSR count). The topological polar surface area (TPSA) is 81.6 Å². The summed E-state index contributed by atoms with van der Waals surface area (Å²) in [5.74, 6) is 0. The lowest BCUT2D eigenvalue weighted by atomic mass is 10.00. The molecule has 0 bridgehead atoms. The predicted molar refractivity (Wildman–Crippen MR) is 125 cm³/mol. The number of aromatic nitrogens is 2. The van der Waals surface area contributed by atoms with Crippen LogP contribution in [0, 0.1) is 11.3 Å². The van der Waals surface area contributed by atoms with Gasteiger partial charge in [-0.15, -0.1) is 11.3 Å². The number of fused-ring (bicyclic) bond motifs is 1. The molecule has 5 aromatic rings. The number of aromatic amines is 1. The first kappa shape index (κ1) is 18.8. The average Bonchev–Trinajstić information content (AvgIpc) is 3.49. The smallest absolute Gasteiger partial charge is 0.160 e. The quantitative estimate of drug-likeness (QED) is 0.323. The normalized spacial score (nSPS) is 10.7. The molecule has 5 nitrogen and oxygen atoms in total. The number of aldehydes is 1. The molecule has 2 N–H and O–H groups in total. The Morgan fingerprint density at radius 2 is 1.90 bits per heavy atom. The summed E-state index contributed by atoms with van der Waals surface area (Å²) in [6, 6.07) is 22.0. The molecular weight excluding hydrogens is 404 g/mol. The Labute approximate surface area is 182 Å². The van der Waals surface area contributed by atoms with Crippen LogP contribution in [0.15, 0.2) is 79.3 Å². The van der Waals surface area contributed by atoms with Gasteiger partial charge in [0.05, 0.1) is 16.1 Å². The Hall–Kier alpha value is -4.21. The maximum absolute atomic E-state index is 11.1. The maximum Gasteiger partial charge on any atom is 0.160 e. The van der Waals surface area contributed by atoms with Gasteiger partial charge in [0.15, 0.2) is 6.29 Å². The minimum Gasteiger partial charge on any atom is -0.361 e. The highest BCUT2D eigenvalue weighted by Gasteiger charge is 2.14. The number of anilines is 2. The zero-order valence-electron chi connectivity index (χ0n) is 16.3. The number of carbonyl (C=O) groups excluding carboxylic acids is 1. The van der Waals surface area contributed by atoms with Crippen molar-refractivity contribution in [2.75, 3.05) is 5.32 Å². The van der Waals surface area contributed by atoms with Gasteiger partial charge in [-0.05, 0) is 47.5 Å². The maximum atomic E-state index is 11.1. The van der Waals surface area contributed by atoms with Gasteiger partial charge >= 0.3 is 0 Å². The third-order valence-corrected chi connectivity index (χ3v) is 6.18. The minimum atomic E-state index is 0.467. The highest BCUT2D eigenvalue weighted by Crippen LogP contribution is 2.37. The van der Waals surface area contributed by atoms with E-state index in [-0.39, 0.29) is 0 Å². The van der Waals surface area contributed by atoms with Crippen LogP contribution >= 0.6 is 11.3 Å². The summed E-state index contributed by atoms with van der Waals surface area (Å²) >= 11 is 1.45. The molecule has 0 radical (unpaired) electrons. The van der Waals surface area contributed by atoms with Gasteiger partial charge in [0.2, 0.25) is 0 Å². The summed E-state index contributed by atoms with van der Waals surface area (Å²) < 4.78 is 0. The van der Waals surface area contributed by atoms with Crippen LogP contribution in [0.4, 0.5) is 11.4 Å². The molecule has 0 aliphatic rings. The van der Waals surface area contributed by atoms with Crippen molar-refractivity contribution < 1.29 is 4.79 Å². The Morgan fingerprint density at radius 1 is 1.03 bits per heavy atom. The van der Waals surface area contributed by atoms with E-state index in [2.05, 4.69) is 27.4 Å². The first-order chi connectivity index (χ1) is 15.3. The third-order valence-electron chi connectivity index (χ3n) is 5.12. The summed E-state index contributed by atoms with van der Waals surface area (Å²) in [6.07, 6.45) is 6.10. The van der Waals surface area contributed by atoms with Gasteiger partial charge in [-0.25, -0.2) is 0 Å². The molecule has 0 aliphatic carbocycles. The van der Waals surface area contributed by atoms with Gasteiger partial charge in [-0.3, -0.25) is 9.78 Å². The van der Waals surface area contributed by atoms with Gasteiger partial charge < -0.3 is 10.3 Å². The fourth-order valence-electron chi connectivity index (χ4n) is 3.64. The van der Waals surface area contributed by atoms with Crippen LogP contribution in [-0.2, 0) is 0 Å². The van der Waals surface area contributed by atoms with E-state index in [0.29, 0.717) is 16.1 Å². The fraction of sp³-hybridized carbons (Fsp3) is 0. The molecule has 0 saturated heterocycles. The Kier molecular flexibility index (Phi) is 4.79. The number of hydrogen-bond acceptors (Lipinski definition) is 5. The van der Waals surface area contributed by atoms with Crippen LogP contribution in [0.3, 0.4) is 0 Å². The van der Waals surface area contributed by atoms with E-state index in [1.54, 1.807) is 12.4 Å². The van der Waals surface area contributed by atoms with E-state index >= 15 is 0 Å². The Balaban J connectivity index is 1.62. The van der Waals surface area contributed by atoms with E-state index in [0.717, 1.165) is 44.4 Å². The summed E-state index contributed by atoms with van der Waals surface area (Å²) in [5.41, 5.74) is 5.89. The number of nitrogens with zero attached hydrogens (tertiary/aromatic N) is 2. The second-order valence-corrected chi connectivity index (χ2v) is 8.11. The SMILES string of the molecule is N#Cc1cncc(-c2cccc(-c3ccc(C=O)s3)c2)c1Nc1cccc2[nH]ccc12. The van der Waals surface area contributed by atoms with Crippen LogP contribution in [0.25, 0.3) is 32.5 Å². The van der Waals surface area contributed by atoms with Crippen molar-refractivity contribution in [3.05, 3.63) is 89.7 Å². The van der Waals surface area contributed by atoms with Crippen molar-refractivity contribution in [3.8, 4) is 27.6 Å². The second kappa shape index (κ2) is 7.90. The largest absolute Gasteiger partial charge is 0.361 e.